The Labute approximate surface area is 129 Å². The largest absolute Gasteiger partial charge is 0.335 e. The van der Waals surface area contributed by atoms with E-state index in [0.717, 1.165) is 30.7 Å². The maximum Gasteiger partial charge on any atom is 0.318 e. The third-order valence-corrected chi connectivity index (χ3v) is 5.48. The van der Waals surface area contributed by atoms with Crippen LogP contribution in [0.5, 0.6) is 0 Å². The Morgan fingerprint density at radius 3 is 2.86 bits per heavy atom. The summed E-state index contributed by atoms with van der Waals surface area (Å²) in [6.45, 7) is 0.727. The first-order valence-corrected chi connectivity index (χ1v) is 8.73. The highest BCUT2D eigenvalue weighted by atomic mass is 32.2. The zero-order valence-electron chi connectivity index (χ0n) is 12.1. The van der Waals surface area contributed by atoms with Gasteiger partial charge in [0.1, 0.15) is 11.2 Å². The molecule has 0 spiro atoms. The average Bonchev–Trinajstić information content (AvgIpc) is 2.98. The Hall–Kier alpha value is -1.23. The van der Waals surface area contributed by atoms with Gasteiger partial charge < -0.3 is 10.2 Å². The second-order valence-corrected chi connectivity index (χ2v) is 6.94. The van der Waals surface area contributed by atoms with E-state index in [1.807, 2.05) is 11.0 Å². The van der Waals surface area contributed by atoms with Crippen molar-refractivity contribution in [2.45, 2.75) is 43.5 Å². The number of hydrogen-bond donors (Lipinski definition) is 1. The Bertz CT molecular complexity index is 505. The standard InChI is InChI=1S/C16H21FN2OS/c17-13-6-4-5-12(11-13)15-19(9-10-21-15)16(20)18-14-7-2-1-3-8-14/h4-6,11,14-15H,1-3,7-10H2,(H,18,20)/t15-/m0/s1. The van der Waals surface area contributed by atoms with E-state index >= 15 is 0 Å². The van der Waals surface area contributed by atoms with Crippen LogP contribution in [-0.2, 0) is 0 Å². The Kier molecular flexibility index (Phi) is 4.68. The first kappa shape index (κ1) is 14.7. The van der Waals surface area contributed by atoms with Gasteiger partial charge in [0.15, 0.2) is 0 Å². The Balaban J connectivity index is 1.67. The van der Waals surface area contributed by atoms with Crippen molar-refractivity contribution in [2.24, 2.45) is 0 Å². The number of nitrogens with zero attached hydrogens (tertiary/aromatic N) is 1. The molecule has 0 aromatic heterocycles. The quantitative estimate of drug-likeness (QED) is 0.898. The molecule has 1 aromatic carbocycles. The van der Waals surface area contributed by atoms with Gasteiger partial charge in [0.2, 0.25) is 0 Å². The number of urea groups is 1. The van der Waals surface area contributed by atoms with Gasteiger partial charge in [-0.05, 0) is 30.5 Å². The second-order valence-electron chi connectivity index (χ2n) is 5.76. The number of hydrogen-bond acceptors (Lipinski definition) is 2. The van der Waals surface area contributed by atoms with E-state index in [9.17, 15) is 9.18 Å². The highest BCUT2D eigenvalue weighted by Crippen LogP contribution is 2.38. The lowest BCUT2D eigenvalue weighted by Crippen LogP contribution is -2.45. The second kappa shape index (κ2) is 6.69. The number of amides is 2. The summed E-state index contributed by atoms with van der Waals surface area (Å²) in [6.07, 6.45) is 5.84. The SMILES string of the molecule is O=C(NC1CCCCC1)N1CCS[C@H]1c1cccc(F)c1. The summed E-state index contributed by atoms with van der Waals surface area (Å²) in [4.78, 5) is 14.3. The minimum Gasteiger partial charge on any atom is -0.335 e. The molecule has 2 aliphatic rings. The summed E-state index contributed by atoms with van der Waals surface area (Å²) in [5, 5.41) is 3.09. The maximum absolute atomic E-state index is 13.4. The van der Waals surface area contributed by atoms with Crippen LogP contribution >= 0.6 is 11.8 Å². The lowest BCUT2D eigenvalue weighted by atomic mass is 9.96. The molecule has 1 aromatic rings. The molecule has 0 unspecified atom stereocenters. The number of thioether (sulfide) groups is 1. The van der Waals surface area contributed by atoms with Crippen molar-refractivity contribution in [2.75, 3.05) is 12.3 Å². The third kappa shape index (κ3) is 3.51. The van der Waals surface area contributed by atoms with E-state index in [-0.39, 0.29) is 17.2 Å². The molecule has 1 N–H and O–H groups in total. The fourth-order valence-corrected chi connectivity index (χ4v) is 4.36. The van der Waals surface area contributed by atoms with Crippen molar-refractivity contribution in [3.05, 3.63) is 35.6 Å². The fraction of sp³-hybridized carbons (Fsp3) is 0.562. The normalized spacial score (nSPS) is 23.3. The van der Waals surface area contributed by atoms with Gasteiger partial charge in [-0.15, -0.1) is 11.8 Å². The molecule has 1 aliphatic carbocycles. The lowest BCUT2D eigenvalue weighted by Gasteiger charge is -2.29. The first-order valence-electron chi connectivity index (χ1n) is 7.68. The molecule has 1 heterocycles. The first-order chi connectivity index (χ1) is 10.2. The lowest BCUT2D eigenvalue weighted by molar-refractivity contribution is 0.192. The zero-order valence-corrected chi connectivity index (χ0v) is 12.9. The molecule has 2 fully saturated rings. The predicted molar refractivity (Wildman–Crippen MR) is 83.7 cm³/mol. The molecule has 3 nitrogen and oxygen atoms in total. The van der Waals surface area contributed by atoms with Crippen LogP contribution in [0.3, 0.4) is 0 Å². The topological polar surface area (TPSA) is 32.3 Å². The van der Waals surface area contributed by atoms with Gasteiger partial charge in [-0.25, -0.2) is 9.18 Å². The minimum atomic E-state index is -0.243. The monoisotopic (exact) mass is 308 g/mol. The highest BCUT2D eigenvalue weighted by molar-refractivity contribution is 7.99. The van der Waals surface area contributed by atoms with Crippen molar-refractivity contribution < 1.29 is 9.18 Å². The van der Waals surface area contributed by atoms with E-state index in [1.165, 1.54) is 31.4 Å². The van der Waals surface area contributed by atoms with Crippen LogP contribution in [0.15, 0.2) is 24.3 Å². The average molecular weight is 308 g/mol. The summed E-state index contributed by atoms with van der Waals surface area (Å²) in [5.74, 6) is 0.659. The highest BCUT2D eigenvalue weighted by Gasteiger charge is 2.32. The number of carbonyl (C=O) groups excluding carboxylic acids is 1. The third-order valence-electron chi connectivity index (χ3n) is 4.22. The molecule has 1 aliphatic heterocycles. The predicted octanol–water partition coefficient (Wildman–Crippen LogP) is 3.92. The van der Waals surface area contributed by atoms with E-state index in [0.29, 0.717) is 6.04 Å². The number of benzene rings is 1. The number of halogens is 1. The molecule has 5 heteroatoms. The molecule has 114 valence electrons. The van der Waals surface area contributed by atoms with Gasteiger partial charge in [0.05, 0.1) is 0 Å². The van der Waals surface area contributed by atoms with Crippen LogP contribution in [0.25, 0.3) is 0 Å². The molecule has 0 bridgehead atoms. The van der Waals surface area contributed by atoms with Crippen LogP contribution in [0, 0.1) is 5.82 Å². The van der Waals surface area contributed by atoms with Gasteiger partial charge in [-0.3, -0.25) is 0 Å². The molecular weight excluding hydrogens is 287 g/mol. The van der Waals surface area contributed by atoms with Crippen molar-refractivity contribution in [3.63, 3.8) is 0 Å². The van der Waals surface area contributed by atoms with Crippen molar-refractivity contribution in [3.8, 4) is 0 Å². The summed E-state index contributed by atoms with van der Waals surface area (Å²) in [5.41, 5.74) is 0.872. The Morgan fingerprint density at radius 1 is 1.29 bits per heavy atom. The van der Waals surface area contributed by atoms with Gasteiger partial charge in [0.25, 0.3) is 0 Å². The van der Waals surface area contributed by atoms with Crippen LogP contribution in [0.2, 0.25) is 0 Å². The van der Waals surface area contributed by atoms with Crippen molar-refractivity contribution in [1.82, 2.24) is 10.2 Å². The molecule has 2 amide bonds. The molecule has 3 rings (SSSR count). The minimum absolute atomic E-state index is 0.00108. The van der Waals surface area contributed by atoms with Gasteiger partial charge in [0, 0.05) is 18.3 Å². The summed E-state index contributed by atoms with van der Waals surface area (Å²) >= 11 is 1.70. The molecule has 1 saturated heterocycles. The van der Waals surface area contributed by atoms with Crippen LogP contribution in [0.4, 0.5) is 9.18 Å². The fourth-order valence-electron chi connectivity index (χ4n) is 3.12. The molecular formula is C16H21FN2OS. The van der Waals surface area contributed by atoms with Crippen molar-refractivity contribution in [1.29, 1.82) is 0 Å². The summed E-state index contributed by atoms with van der Waals surface area (Å²) in [7, 11) is 0. The van der Waals surface area contributed by atoms with Crippen LogP contribution in [0.1, 0.15) is 43.0 Å². The van der Waals surface area contributed by atoms with Gasteiger partial charge in [-0.2, -0.15) is 0 Å². The molecule has 0 radical (unpaired) electrons. The van der Waals surface area contributed by atoms with E-state index in [1.54, 1.807) is 17.8 Å². The van der Waals surface area contributed by atoms with Crippen LogP contribution < -0.4 is 5.32 Å². The number of carbonyl (C=O) groups is 1. The number of nitrogens with one attached hydrogen (secondary N) is 1. The van der Waals surface area contributed by atoms with E-state index in [4.69, 9.17) is 0 Å². The van der Waals surface area contributed by atoms with E-state index in [2.05, 4.69) is 5.32 Å². The molecule has 1 atom stereocenters. The zero-order chi connectivity index (χ0) is 14.7. The molecule has 1 saturated carbocycles. The number of rotatable bonds is 2. The Morgan fingerprint density at radius 2 is 2.10 bits per heavy atom. The molecule has 21 heavy (non-hydrogen) atoms. The summed E-state index contributed by atoms with van der Waals surface area (Å²) in [6, 6.07) is 6.89. The maximum atomic E-state index is 13.4. The smallest absolute Gasteiger partial charge is 0.318 e. The van der Waals surface area contributed by atoms with Gasteiger partial charge in [-0.1, -0.05) is 31.4 Å². The van der Waals surface area contributed by atoms with Crippen LogP contribution in [-0.4, -0.2) is 29.3 Å². The van der Waals surface area contributed by atoms with Crippen molar-refractivity contribution >= 4 is 17.8 Å². The summed E-state index contributed by atoms with van der Waals surface area (Å²) < 4.78 is 13.4. The van der Waals surface area contributed by atoms with Gasteiger partial charge >= 0.3 is 6.03 Å². The van der Waals surface area contributed by atoms with E-state index < -0.39 is 0 Å².